The van der Waals surface area contributed by atoms with Crippen LogP contribution in [0.2, 0.25) is 0 Å². The van der Waals surface area contributed by atoms with Gasteiger partial charge in [0.1, 0.15) is 0 Å². The standard InChI is InChI=1S/C18H27NO2/c1-4-17(5-2,13-20)19-16(21)18(10-7-11-18)15-9-6-8-14(3)12-15/h6,8-9,12,20H,4-5,7,10-11,13H2,1-3H3,(H,19,21). The molecule has 0 radical (unpaired) electrons. The van der Waals surface area contributed by atoms with Crippen LogP contribution in [-0.2, 0) is 10.2 Å². The Morgan fingerprint density at radius 2 is 2.00 bits per heavy atom. The van der Waals surface area contributed by atoms with E-state index < -0.39 is 11.0 Å². The fourth-order valence-electron chi connectivity index (χ4n) is 3.17. The largest absolute Gasteiger partial charge is 0.394 e. The highest BCUT2D eigenvalue weighted by molar-refractivity contribution is 5.90. The average molecular weight is 289 g/mol. The minimum atomic E-state index is -0.483. The molecule has 1 aliphatic carbocycles. The van der Waals surface area contributed by atoms with Crippen molar-refractivity contribution in [1.82, 2.24) is 5.32 Å². The van der Waals surface area contributed by atoms with Crippen LogP contribution in [0.3, 0.4) is 0 Å². The Bertz CT molecular complexity index is 493. The highest BCUT2D eigenvalue weighted by Crippen LogP contribution is 2.44. The number of hydrogen-bond donors (Lipinski definition) is 2. The first-order valence-electron chi connectivity index (χ1n) is 8.02. The van der Waals surface area contributed by atoms with Crippen LogP contribution in [0.1, 0.15) is 57.1 Å². The second kappa shape index (κ2) is 6.18. The zero-order valence-electron chi connectivity index (χ0n) is 13.4. The number of benzene rings is 1. The molecule has 1 fully saturated rings. The van der Waals surface area contributed by atoms with Crippen molar-refractivity contribution in [2.45, 2.75) is 63.8 Å². The Balaban J connectivity index is 2.27. The molecule has 0 spiro atoms. The van der Waals surface area contributed by atoms with Crippen molar-refractivity contribution in [1.29, 1.82) is 0 Å². The summed E-state index contributed by atoms with van der Waals surface area (Å²) in [6.07, 6.45) is 4.38. The molecule has 3 heteroatoms. The summed E-state index contributed by atoms with van der Waals surface area (Å²) in [5.41, 5.74) is 1.43. The molecule has 0 saturated heterocycles. The van der Waals surface area contributed by atoms with E-state index in [1.165, 1.54) is 5.56 Å². The number of aryl methyl sites for hydroxylation is 1. The molecular formula is C18H27NO2. The molecule has 116 valence electrons. The first kappa shape index (κ1) is 16.0. The van der Waals surface area contributed by atoms with Gasteiger partial charge in [-0.05, 0) is 38.2 Å². The Hall–Kier alpha value is -1.35. The first-order valence-corrected chi connectivity index (χ1v) is 8.02. The first-order chi connectivity index (χ1) is 10.0. The van der Waals surface area contributed by atoms with Gasteiger partial charge in [0.05, 0.1) is 17.6 Å². The molecular weight excluding hydrogens is 262 g/mol. The third kappa shape index (κ3) is 2.84. The van der Waals surface area contributed by atoms with Crippen molar-refractivity contribution in [3.05, 3.63) is 35.4 Å². The molecule has 0 bridgehead atoms. The fourth-order valence-corrected chi connectivity index (χ4v) is 3.17. The van der Waals surface area contributed by atoms with Crippen molar-refractivity contribution in [2.75, 3.05) is 6.61 Å². The topological polar surface area (TPSA) is 49.3 Å². The van der Waals surface area contributed by atoms with Crippen LogP contribution in [0, 0.1) is 6.92 Å². The molecule has 0 aliphatic heterocycles. The van der Waals surface area contributed by atoms with Gasteiger partial charge in [0.25, 0.3) is 0 Å². The van der Waals surface area contributed by atoms with E-state index in [1.54, 1.807) is 0 Å². The summed E-state index contributed by atoms with van der Waals surface area (Å²) in [6, 6.07) is 8.27. The highest BCUT2D eigenvalue weighted by atomic mass is 16.3. The van der Waals surface area contributed by atoms with Crippen LogP contribution in [0.15, 0.2) is 24.3 Å². The quantitative estimate of drug-likeness (QED) is 0.845. The second-order valence-electron chi connectivity index (χ2n) is 6.40. The minimum absolute atomic E-state index is 0.00433. The summed E-state index contributed by atoms with van der Waals surface area (Å²) in [4.78, 5) is 12.9. The van der Waals surface area contributed by atoms with Crippen molar-refractivity contribution in [3.63, 3.8) is 0 Å². The zero-order chi connectivity index (χ0) is 15.5. The predicted molar refractivity (Wildman–Crippen MR) is 85.2 cm³/mol. The molecule has 1 saturated carbocycles. The van der Waals surface area contributed by atoms with Gasteiger partial charge in [0.15, 0.2) is 0 Å². The Kier molecular flexibility index (Phi) is 4.72. The van der Waals surface area contributed by atoms with Crippen LogP contribution in [0.5, 0.6) is 0 Å². The van der Waals surface area contributed by atoms with Crippen LogP contribution in [0.4, 0.5) is 0 Å². The number of amides is 1. The number of aliphatic hydroxyl groups excluding tert-OH is 1. The summed E-state index contributed by atoms with van der Waals surface area (Å²) >= 11 is 0. The Labute approximate surface area is 127 Å². The summed E-state index contributed by atoms with van der Waals surface area (Å²) < 4.78 is 0. The second-order valence-corrected chi connectivity index (χ2v) is 6.40. The van der Waals surface area contributed by atoms with E-state index in [9.17, 15) is 9.90 Å². The number of hydrogen-bond acceptors (Lipinski definition) is 2. The normalized spacial score (nSPS) is 17.1. The third-order valence-electron chi connectivity index (χ3n) is 5.25. The van der Waals surface area contributed by atoms with E-state index in [4.69, 9.17) is 0 Å². The van der Waals surface area contributed by atoms with E-state index in [2.05, 4.69) is 30.4 Å². The lowest BCUT2D eigenvalue weighted by Crippen LogP contribution is -2.58. The summed E-state index contributed by atoms with van der Waals surface area (Å²) in [6.45, 7) is 6.08. The maximum atomic E-state index is 12.9. The van der Waals surface area contributed by atoms with E-state index in [0.717, 1.165) is 37.7 Å². The lowest BCUT2D eigenvalue weighted by molar-refractivity contribution is -0.132. The lowest BCUT2D eigenvalue weighted by Gasteiger charge is -2.44. The SMILES string of the molecule is CCC(CC)(CO)NC(=O)C1(c2cccc(C)c2)CCC1. The zero-order valence-corrected chi connectivity index (χ0v) is 13.4. The minimum Gasteiger partial charge on any atom is -0.394 e. The van der Waals surface area contributed by atoms with Gasteiger partial charge in [-0.2, -0.15) is 0 Å². The third-order valence-corrected chi connectivity index (χ3v) is 5.25. The monoisotopic (exact) mass is 289 g/mol. The van der Waals surface area contributed by atoms with Crippen molar-refractivity contribution in [3.8, 4) is 0 Å². The smallest absolute Gasteiger partial charge is 0.231 e. The van der Waals surface area contributed by atoms with Crippen molar-refractivity contribution < 1.29 is 9.90 Å². The molecule has 2 rings (SSSR count). The van der Waals surface area contributed by atoms with E-state index in [1.807, 2.05) is 19.9 Å². The van der Waals surface area contributed by atoms with E-state index in [-0.39, 0.29) is 12.5 Å². The lowest BCUT2D eigenvalue weighted by atomic mass is 9.63. The molecule has 3 nitrogen and oxygen atoms in total. The number of aliphatic hydroxyl groups is 1. The number of nitrogens with one attached hydrogen (secondary N) is 1. The molecule has 1 aromatic rings. The average Bonchev–Trinajstić information content (AvgIpc) is 2.44. The highest BCUT2D eigenvalue weighted by Gasteiger charge is 2.47. The van der Waals surface area contributed by atoms with Gasteiger partial charge in [0.2, 0.25) is 5.91 Å². The van der Waals surface area contributed by atoms with Gasteiger partial charge in [0, 0.05) is 0 Å². The van der Waals surface area contributed by atoms with Crippen LogP contribution < -0.4 is 5.32 Å². The summed E-state index contributed by atoms with van der Waals surface area (Å²) in [7, 11) is 0. The number of carbonyl (C=O) groups excluding carboxylic acids is 1. The molecule has 0 unspecified atom stereocenters. The van der Waals surface area contributed by atoms with Crippen LogP contribution >= 0.6 is 0 Å². The van der Waals surface area contributed by atoms with Crippen LogP contribution in [0.25, 0.3) is 0 Å². The molecule has 0 atom stereocenters. The molecule has 1 aliphatic rings. The summed E-state index contributed by atoms with van der Waals surface area (Å²) in [5.74, 6) is 0.0806. The van der Waals surface area contributed by atoms with E-state index >= 15 is 0 Å². The number of carbonyl (C=O) groups is 1. The van der Waals surface area contributed by atoms with Gasteiger partial charge in [-0.3, -0.25) is 4.79 Å². The summed E-state index contributed by atoms with van der Waals surface area (Å²) in [5, 5.41) is 12.8. The van der Waals surface area contributed by atoms with Crippen molar-refractivity contribution >= 4 is 5.91 Å². The fraction of sp³-hybridized carbons (Fsp3) is 0.611. The van der Waals surface area contributed by atoms with Gasteiger partial charge in [-0.25, -0.2) is 0 Å². The van der Waals surface area contributed by atoms with Crippen LogP contribution in [-0.4, -0.2) is 23.2 Å². The maximum Gasteiger partial charge on any atom is 0.231 e. The van der Waals surface area contributed by atoms with Crippen molar-refractivity contribution in [2.24, 2.45) is 0 Å². The Morgan fingerprint density at radius 1 is 1.33 bits per heavy atom. The van der Waals surface area contributed by atoms with Gasteiger partial charge in [-0.15, -0.1) is 0 Å². The molecule has 1 amide bonds. The van der Waals surface area contributed by atoms with Gasteiger partial charge >= 0.3 is 0 Å². The van der Waals surface area contributed by atoms with E-state index in [0.29, 0.717) is 0 Å². The maximum absolute atomic E-state index is 12.9. The van der Waals surface area contributed by atoms with Gasteiger partial charge < -0.3 is 10.4 Å². The molecule has 2 N–H and O–H groups in total. The Morgan fingerprint density at radius 3 is 2.43 bits per heavy atom. The van der Waals surface area contributed by atoms with Gasteiger partial charge in [-0.1, -0.05) is 50.1 Å². The molecule has 0 aromatic heterocycles. The molecule has 21 heavy (non-hydrogen) atoms. The predicted octanol–water partition coefficient (Wildman–Crippen LogP) is 3.08. The molecule has 1 aromatic carbocycles. The number of rotatable bonds is 6. The molecule has 0 heterocycles.